The molecule has 1 aliphatic rings. The van der Waals surface area contributed by atoms with Gasteiger partial charge in [-0.1, -0.05) is 55.3 Å². The second-order valence-electron chi connectivity index (χ2n) is 8.20. The molecule has 166 valence electrons. The number of carbonyl (C=O) groups excluding carboxylic acids is 2. The van der Waals surface area contributed by atoms with Crippen molar-refractivity contribution in [3.05, 3.63) is 71.0 Å². The molecule has 1 atom stereocenters. The number of carbonyl (C=O) groups is 2. The number of aryl methyl sites for hydroxylation is 1. The summed E-state index contributed by atoms with van der Waals surface area (Å²) in [7, 11) is 0. The van der Waals surface area contributed by atoms with Gasteiger partial charge in [-0.15, -0.1) is 11.8 Å². The van der Waals surface area contributed by atoms with Gasteiger partial charge in [0.1, 0.15) is 11.9 Å². The van der Waals surface area contributed by atoms with Crippen LogP contribution in [0.25, 0.3) is 0 Å². The van der Waals surface area contributed by atoms with E-state index in [1.165, 1.54) is 33.9 Å². The highest BCUT2D eigenvalue weighted by molar-refractivity contribution is 7.99. The highest BCUT2D eigenvalue weighted by atomic mass is 32.2. The van der Waals surface area contributed by atoms with Crippen LogP contribution in [0, 0.1) is 12.7 Å². The highest BCUT2D eigenvalue weighted by Crippen LogP contribution is 2.20. The van der Waals surface area contributed by atoms with E-state index < -0.39 is 6.04 Å². The minimum atomic E-state index is -0.660. The van der Waals surface area contributed by atoms with Crippen LogP contribution in [0.2, 0.25) is 0 Å². The van der Waals surface area contributed by atoms with Gasteiger partial charge in [-0.25, -0.2) is 4.39 Å². The highest BCUT2D eigenvalue weighted by Gasteiger charge is 2.28. The Balaban J connectivity index is 1.67. The molecule has 1 N–H and O–H groups in total. The molecular formula is C25H31FN2O2S. The summed E-state index contributed by atoms with van der Waals surface area (Å²) in [6, 6.07) is 14.0. The third-order valence-electron chi connectivity index (χ3n) is 5.91. The fourth-order valence-electron chi connectivity index (χ4n) is 3.89. The fourth-order valence-corrected chi connectivity index (χ4v) is 4.87. The van der Waals surface area contributed by atoms with E-state index in [1.54, 1.807) is 25.1 Å². The lowest BCUT2D eigenvalue weighted by Crippen LogP contribution is -2.50. The molecule has 0 saturated heterocycles. The standard InChI is InChI=1S/C25H31FN2O2S/c1-18-9-3-4-11-21(18)16-31-17-24(29)28(15-20-10-5-8-14-23(20)26)19(2)25(30)27-22-12-6-7-13-22/h3-5,8-11,14,19,22H,6-7,12-13,15-17H2,1-2H3,(H,27,30)/t19-/m0/s1. The van der Waals surface area contributed by atoms with Crippen molar-refractivity contribution in [1.82, 2.24) is 10.2 Å². The molecule has 1 fully saturated rings. The van der Waals surface area contributed by atoms with Crippen LogP contribution in [0.1, 0.15) is 49.3 Å². The maximum atomic E-state index is 14.3. The third-order valence-corrected chi connectivity index (χ3v) is 6.88. The number of nitrogens with one attached hydrogen (secondary N) is 1. The molecule has 0 heterocycles. The minimum absolute atomic E-state index is 0.0791. The molecular weight excluding hydrogens is 411 g/mol. The predicted molar refractivity (Wildman–Crippen MR) is 124 cm³/mol. The van der Waals surface area contributed by atoms with Crippen molar-refractivity contribution in [3.63, 3.8) is 0 Å². The van der Waals surface area contributed by atoms with Gasteiger partial charge >= 0.3 is 0 Å². The van der Waals surface area contributed by atoms with Crippen molar-refractivity contribution >= 4 is 23.6 Å². The summed E-state index contributed by atoms with van der Waals surface area (Å²) >= 11 is 1.52. The second kappa shape index (κ2) is 11.3. The lowest BCUT2D eigenvalue weighted by atomic mass is 10.1. The summed E-state index contributed by atoms with van der Waals surface area (Å²) in [4.78, 5) is 27.5. The maximum absolute atomic E-state index is 14.3. The molecule has 0 aromatic heterocycles. The lowest BCUT2D eigenvalue weighted by Gasteiger charge is -2.30. The van der Waals surface area contributed by atoms with Crippen LogP contribution in [-0.4, -0.2) is 34.6 Å². The molecule has 6 heteroatoms. The molecule has 2 aromatic carbocycles. The molecule has 0 spiro atoms. The van der Waals surface area contributed by atoms with Gasteiger partial charge in [0.05, 0.1) is 5.75 Å². The number of thioether (sulfide) groups is 1. The van der Waals surface area contributed by atoms with Crippen molar-refractivity contribution in [3.8, 4) is 0 Å². The Morgan fingerprint density at radius 1 is 1.10 bits per heavy atom. The first-order valence-corrected chi connectivity index (χ1v) is 12.1. The van der Waals surface area contributed by atoms with Crippen LogP contribution in [0.3, 0.4) is 0 Å². The summed E-state index contributed by atoms with van der Waals surface area (Å²) in [6.45, 7) is 3.86. The monoisotopic (exact) mass is 442 g/mol. The van der Waals surface area contributed by atoms with Gasteiger partial charge in [0, 0.05) is 23.9 Å². The first kappa shape index (κ1) is 23.3. The van der Waals surface area contributed by atoms with E-state index in [0.717, 1.165) is 25.7 Å². The molecule has 3 rings (SSSR count). The number of hydrogen-bond donors (Lipinski definition) is 1. The zero-order valence-electron chi connectivity index (χ0n) is 18.3. The van der Waals surface area contributed by atoms with Gasteiger partial charge in [0.25, 0.3) is 0 Å². The topological polar surface area (TPSA) is 49.4 Å². The van der Waals surface area contributed by atoms with Gasteiger partial charge in [-0.2, -0.15) is 0 Å². The van der Waals surface area contributed by atoms with E-state index in [0.29, 0.717) is 11.3 Å². The van der Waals surface area contributed by atoms with Crippen LogP contribution < -0.4 is 5.32 Å². The number of hydrogen-bond acceptors (Lipinski definition) is 3. The molecule has 31 heavy (non-hydrogen) atoms. The van der Waals surface area contributed by atoms with Crippen LogP contribution in [-0.2, 0) is 21.9 Å². The molecule has 4 nitrogen and oxygen atoms in total. The molecule has 2 aromatic rings. The van der Waals surface area contributed by atoms with Gasteiger partial charge in [0.15, 0.2) is 0 Å². The molecule has 0 bridgehead atoms. The Kier molecular flexibility index (Phi) is 8.52. The zero-order valence-corrected chi connectivity index (χ0v) is 19.1. The quantitative estimate of drug-likeness (QED) is 0.604. The van der Waals surface area contributed by atoms with E-state index >= 15 is 0 Å². The molecule has 0 unspecified atom stereocenters. The molecule has 1 saturated carbocycles. The van der Waals surface area contributed by atoms with Crippen LogP contribution in [0.4, 0.5) is 4.39 Å². The van der Waals surface area contributed by atoms with Crippen molar-refractivity contribution in [1.29, 1.82) is 0 Å². The van der Waals surface area contributed by atoms with Crippen molar-refractivity contribution in [2.45, 2.75) is 63.9 Å². The van der Waals surface area contributed by atoms with Crippen LogP contribution in [0.5, 0.6) is 0 Å². The number of amides is 2. The molecule has 0 aliphatic heterocycles. The van der Waals surface area contributed by atoms with Gasteiger partial charge < -0.3 is 10.2 Å². The summed E-state index contributed by atoms with van der Waals surface area (Å²) in [5.41, 5.74) is 2.79. The second-order valence-corrected chi connectivity index (χ2v) is 9.18. The average molecular weight is 443 g/mol. The van der Waals surface area contributed by atoms with Crippen molar-refractivity contribution in [2.24, 2.45) is 0 Å². The van der Waals surface area contributed by atoms with E-state index in [-0.39, 0.29) is 36.0 Å². The van der Waals surface area contributed by atoms with Gasteiger partial charge in [-0.05, 0) is 43.9 Å². The first-order valence-electron chi connectivity index (χ1n) is 10.9. The summed E-state index contributed by atoms with van der Waals surface area (Å²) < 4.78 is 14.3. The molecule has 0 radical (unpaired) electrons. The fraction of sp³-hybridized carbons (Fsp3) is 0.440. The summed E-state index contributed by atoms with van der Waals surface area (Å²) in [5.74, 6) is 0.269. The normalized spacial score (nSPS) is 14.9. The van der Waals surface area contributed by atoms with E-state index in [9.17, 15) is 14.0 Å². The Bertz CT molecular complexity index is 899. The van der Waals surface area contributed by atoms with Gasteiger partial charge in [0.2, 0.25) is 11.8 Å². The minimum Gasteiger partial charge on any atom is -0.352 e. The Morgan fingerprint density at radius 3 is 2.42 bits per heavy atom. The van der Waals surface area contributed by atoms with Crippen molar-refractivity contribution in [2.75, 3.05) is 5.75 Å². The summed E-state index contributed by atoms with van der Waals surface area (Å²) in [5, 5.41) is 3.07. The van der Waals surface area contributed by atoms with E-state index in [2.05, 4.69) is 24.4 Å². The number of halogens is 1. The maximum Gasteiger partial charge on any atom is 0.242 e. The predicted octanol–water partition coefficient (Wildman–Crippen LogP) is 4.84. The van der Waals surface area contributed by atoms with Gasteiger partial charge in [-0.3, -0.25) is 9.59 Å². The number of benzene rings is 2. The molecule has 1 aliphatic carbocycles. The lowest BCUT2D eigenvalue weighted by molar-refractivity contribution is -0.139. The van der Waals surface area contributed by atoms with E-state index in [1.807, 2.05) is 12.1 Å². The van der Waals surface area contributed by atoms with Crippen LogP contribution in [0.15, 0.2) is 48.5 Å². The van der Waals surface area contributed by atoms with Crippen LogP contribution >= 0.6 is 11.8 Å². The largest absolute Gasteiger partial charge is 0.352 e. The smallest absolute Gasteiger partial charge is 0.242 e. The summed E-state index contributed by atoms with van der Waals surface area (Å²) in [6.07, 6.45) is 4.19. The Labute approximate surface area is 188 Å². The first-order chi connectivity index (χ1) is 15.0. The van der Waals surface area contributed by atoms with E-state index in [4.69, 9.17) is 0 Å². The average Bonchev–Trinajstić information content (AvgIpc) is 3.27. The van der Waals surface area contributed by atoms with Crippen molar-refractivity contribution < 1.29 is 14.0 Å². The number of rotatable bonds is 9. The Hall–Kier alpha value is -2.34. The SMILES string of the molecule is Cc1ccccc1CSCC(=O)N(Cc1ccccc1F)[C@@H](C)C(=O)NC1CCCC1. The Morgan fingerprint density at radius 2 is 1.74 bits per heavy atom. The third kappa shape index (κ3) is 6.57. The number of nitrogens with zero attached hydrogens (tertiary/aromatic N) is 1. The molecule has 2 amide bonds. The zero-order chi connectivity index (χ0) is 22.2.